The number of hydrogen-bond donors (Lipinski definition) is 2. The van der Waals surface area contributed by atoms with Gasteiger partial charge in [-0.1, -0.05) is 23.2 Å². The van der Waals surface area contributed by atoms with Gasteiger partial charge in [0.15, 0.2) is 0 Å². The highest BCUT2D eigenvalue weighted by Crippen LogP contribution is 2.39. The van der Waals surface area contributed by atoms with E-state index in [-0.39, 0.29) is 20.8 Å². The van der Waals surface area contributed by atoms with E-state index in [9.17, 15) is 8.42 Å². The van der Waals surface area contributed by atoms with Crippen molar-refractivity contribution in [2.75, 3.05) is 6.54 Å². The first-order valence-corrected chi connectivity index (χ1v) is 9.68. The van der Waals surface area contributed by atoms with E-state index in [2.05, 4.69) is 10.0 Å². The van der Waals surface area contributed by atoms with Gasteiger partial charge in [-0.2, -0.15) is 0 Å². The van der Waals surface area contributed by atoms with Gasteiger partial charge in [-0.3, -0.25) is 0 Å². The molecule has 2 N–H and O–H groups in total. The van der Waals surface area contributed by atoms with E-state index in [1.54, 1.807) is 0 Å². The molecule has 1 saturated heterocycles. The van der Waals surface area contributed by atoms with Crippen LogP contribution in [0.1, 0.15) is 32.1 Å². The van der Waals surface area contributed by atoms with E-state index in [4.69, 9.17) is 23.2 Å². The Morgan fingerprint density at radius 3 is 2.70 bits per heavy atom. The monoisotopic (exact) mass is 354 g/mol. The predicted molar refractivity (Wildman–Crippen MR) is 82.3 cm³/mol. The molecule has 2 fully saturated rings. The molecule has 0 amide bonds. The maximum Gasteiger partial charge on any atom is 0.243 e. The van der Waals surface area contributed by atoms with Crippen molar-refractivity contribution in [3.05, 3.63) is 14.7 Å². The molecule has 1 aliphatic heterocycles. The number of hydrogen-bond acceptors (Lipinski definition) is 4. The van der Waals surface area contributed by atoms with Gasteiger partial charge < -0.3 is 5.32 Å². The summed E-state index contributed by atoms with van der Waals surface area (Å²) in [6.07, 6.45) is 5.14. The zero-order valence-electron chi connectivity index (χ0n) is 10.8. The minimum Gasteiger partial charge on any atom is -0.311 e. The SMILES string of the molecule is O=S(=O)(NC1CCNC2(CCC2)C1)c1cc(Cl)sc1Cl. The van der Waals surface area contributed by atoms with Crippen LogP contribution in [0.5, 0.6) is 0 Å². The predicted octanol–water partition coefficient (Wildman–Crippen LogP) is 3.01. The zero-order valence-corrected chi connectivity index (χ0v) is 13.9. The number of piperidine rings is 1. The molecule has 1 aromatic rings. The topological polar surface area (TPSA) is 58.2 Å². The molecule has 20 heavy (non-hydrogen) atoms. The highest BCUT2D eigenvalue weighted by atomic mass is 35.5. The van der Waals surface area contributed by atoms with E-state index in [1.807, 2.05) is 0 Å². The van der Waals surface area contributed by atoms with Crippen molar-refractivity contribution in [3.63, 3.8) is 0 Å². The molecule has 1 unspecified atom stereocenters. The van der Waals surface area contributed by atoms with Crippen LogP contribution in [0.3, 0.4) is 0 Å². The Morgan fingerprint density at radius 2 is 2.15 bits per heavy atom. The summed E-state index contributed by atoms with van der Waals surface area (Å²) in [6, 6.07) is 1.38. The van der Waals surface area contributed by atoms with Crippen LogP contribution in [-0.4, -0.2) is 26.5 Å². The van der Waals surface area contributed by atoms with Crippen molar-refractivity contribution in [2.24, 2.45) is 0 Å². The fraction of sp³-hybridized carbons (Fsp3) is 0.667. The quantitative estimate of drug-likeness (QED) is 0.876. The van der Waals surface area contributed by atoms with Crippen LogP contribution in [0, 0.1) is 0 Å². The lowest BCUT2D eigenvalue weighted by Gasteiger charge is -2.48. The molecule has 3 rings (SSSR count). The second-order valence-corrected chi connectivity index (χ2v) is 9.53. The Labute approximate surface area is 132 Å². The van der Waals surface area contributed by atoms with Crippen LogP contribution in [-0.2, 0) is 10.0 Å². The Bertz CT molecular complexity index is 611. The number of nitrogens with one attached hydrogen (secondary N) is 2. The van der Waals surface area contributed by atoms with Gasteiger partial charge in [0.1, 0.15) is 9.23 Å². The van der Waals surface area contributed by atoms with Gasteiger partial charge in [0, 0.05) is 11.6 Å². The molecule has 1 saturated carbocycles. The molecule has 112 valence electrons. The van der Waals surface area contributed by atoms with Crippen molar-refractivity contribution < 1.29 is 8.42 Å². The Kier molecular flexibility index (Phi) is 4.07. The lowest BCUT2D eigenvalue weighted by molar-refractivity contribution is 0.126. The third-order valence-electron chi connectivity index (χ3n) is 4.18. The van der Waals surface area contributed by atoms with Crippen molar-refractivity contribution >= 4 is 44.6 Å². The molecular weight excluding hydrogens is 339 g/mol. The molecule has 0 aromatic carbocycles. The molecule has 2 aliphatic rings. The van der Waals surface area contributed by atoms with E-state index in [0.29, 0.717) is 4.34 Å². The van der Waals surface area contributed by atoms with Gasteiger partial charge in [-0.15, -0.1) is 11.3 Å². The maximum absolute atomic E-state index is 12.4. The first-order valence-electron chi connectivity index (χ1n) is 6.62. The van der Waals surface area contributed by atoms with Gasteiger partial charge >= 0.3 is 0 Å². The molecule has 2 heterocycles. The Morgan fingerprint density at radius 1 is 1.40 bits per heavy atom. The van der Waals surface area contributed by atoms with E-state index < -0.39 is 10.0 Å². The number of sulfonamides is 1. The number of rotatable bonds is 3. The first-order chi connectivity index (χ1) is 9.40. The third-order valence-corrected chi connectivity index (χ3v) is 7.45. The lowest BCUT2D eigenvalue weighted by Crippen LogP contribution is -2.59. The van der Waals surface area contributed by atoms with Crippen molar-refractivity contribution in [2.45, 2.75) is 48.6 Å². The van der Waals surface area contributed by atoms with E-state index in [1.165, 1.54) is 12.5 Å². The zero-order chi connectivity index (χ0) is 14.4. The molecule has 1 aromatic heterocycles. The van der Waals surface area contributed by atoms with E-state index >= 15 is 0 Å². The second kappa shape index (κ2) is 5.41. The van der Waals surface area contributed by atoms with Gasteiger partial charge in [-0.05, 0) is 44.7 Å². The van der Waals surface area contributed by atoms with Crippen molar-refractivity contribution in [1.29, 1.82) is 0 Å². The average molecular weight is 355 g/mol. The summed E-state index contributed by atoms with van der Waals surface area (Å²) < 4.78 is 28.2. The standard InChI is InChI=1S/C12H16Cl2N2O2S2/c13-10-6-9(11(14)19-10)20(17,18)16-8-2-5-15-12(7-8)3-1-4-12/h6,8,15-16H,1-5,7H2. The van der Waals surface area contributed by atoms with Gasteiger partial charge in [0.2, 0.25) is 10.0 Å². The summed E-state index contributed by atoms with van der Waals surface area (Å²) in [4.78, 5) is 0.0929. The highest BCUT2D eigenvalue weighted by molar-refractivity contribution is 7.89. The van der Waals surface area contributed by atoms with Gasteiger partial charge in [0.05, 0.1) is 4.34 Å². The molecule has 1 aliphatic carbocycles. The van der Waals surface area contributed by atoms with Gasteiger partial charge in [0.25, 0.3) is 0 Å². The van der Waals surface area contributed by atoms with Crippen LogP contribution < -0.4 is 10.0 Å². The summed E-state index contributed by atoms with van der Waals surface area (Å²) >= 11 is 12.8. The third kappa shape index (κ3) is 2.87. The van der Waals surface area contributed by atoms with Crippen molar-refractivity contribution in [1.82, 2.24) is 10.0 Å². The lowest BCUT2D eigenvalue weighted by atomic mass is 9.70. The minimum absolute atomic E-state index is 0.0312. The van der Waals surface area contributed by atoms with E-state index in [0.717, 1.165) is 43.6 Å². The molecule has 0 bridgehead atoms. The summed E-state index contributed by atoms with van der Waals surface area (Å²) in [5.41, 5.74) is 0.154. The second-order valence-electron chi connectivity index (χ2n) is 5.56. The van der Waals surface area contributed by atoms with Crippen LogP contribution >= 0.6 is 34.5 Å². The molecular formula is C12H16Cl2N2O2S2. The average Bonchev–Trinajstić information content (AvgIpc) is 2.67. The number of thiophene rings is 1. The minimum atomic E-state index is -3.59. The van der Waals surface area contributed by atoms with Crippen LogP contribution in [0.2, 0.25) is 8.67 Å². The molecule has 0 radical (unpaired) electrons. The molecule has 8 heteroatoms. The highest BCUT2D eigenvalue weighted by Gasteiger charge is 2.42. The summed E-state index contributed by atoms with van der Waals surface area (Å²) in [5.74, 6) is 0. The number of halogens is 2. The van der Waals surface area contributed by atoms with Crippen molar-refractivity contribution in [3.8, 4) is 0 Å². The van der Waals surface area contributed by atoms with Crippen LogP contribution in [0.4, 0.5) is 0 Å². The smallest absolute Gasteiger partial charge is 0.243 e. The molecule has 1 atom stereocenters. The first kappa shape index (κ1) is 15.1. The van der Waals surface area contributed by atoms with Crippen LogP contribution in [0.15, 0.2) is 11.0 Å². The largest absolute Gasteiger partial charge is 0.311 e. The maximum atomic E-state index is 12.4. The summed E-state index contributed by atoms with van der Waals surface area (Å²) in [5, 5.41) is 3.52. The fourth-order valence-corrected chi connectivity index (χ4v) is 6.45. The molecule has 1 spiro atoms. The van der Waals surface area contributed by atoms with Gasteiger partial charge in [-0.25, -0.2) is 13.1 Å². The fourth-order valence-electron chi connectivity index (χ4n) is 3.03. The van der Waals surface area contributed by atoms with Crippen LogP contribution in [0.25, 0.3) is 0 Å². The molecule has 4 nitrogen and oxygen atoms in total. The summed E-state index contributed by atoms with van der Waals surface area (Å²) in [7, 11) is -3.59. The normalized spacial score (nSPS) is 25.6. The Balaban J connectivity index is 1.74. The Hall–Kier alpha value is 0.150. The summed E-state index contributed by atoms with van der Waals surface area (Å²) in [6.45, 7) is 0.852.